The maximum atomic E-state index is 14.3. The van der Waals surface area contributed by atoms with E-state index in [9.17, 15) is 22.8 Å². The van der Waals surface area contributed by atoms with Gasteiger partial charge < -0.3 is 4.57 Å². The van der Waals surface area contributed by atoms with E-state index in [1.807, 2.05) is 86.0 Å². The average Bonchev–Trinajstić information content (AvgIpc) is 3.44. The van der Waals surface area contributed by atoms with Crippen molar-refractivity contribution < 1.29 is 22.8 Å². The summed E-state index contributed by atoms with van der Waals surface area (Å²) < 4.78 is 42.0. The van der Waals surface area contributed by atoms with Crippen LogP contribution in [0.15, 0.2) is 97.1 Å². The van der Waals surface area contributed by atoms with Crippen molar-refractivity contribution in [2.24, 2.45) is 0 Å². The highest BCUT2D eigenvalue weighted by Gasteiger charge is 2.40. The Bertz CT molecular complexity index is 2120. The number of rotatable bonds is 3. The number of nitrogens with zero attached hydrogens (tertiary/aromatic N) is 2. The Kier molecular flexibility index (Phi) is 5.85. The molecule has 0 atom stereocenters. The Morgan fingerprint density at radius 1 is 0.651 bits per heavy atom. The summed E-state index contributed by atoms with van der Waals surface area (Å²) in [6, 6.07) is 27.7. The summed E-state index contributed by atoms with van der Waals surface area (Å²) in [5, 5.41) is 1.80. The lowest BCUT2D eigenvalue weighted by molar-refractivity contribution is -0.137. The van der Waals surface area contributed by atoms with Crippen molar-refractivity contribution in [2.45, 2.75) is 26.9 Å². The number of aromatic nitrogens is 1. The molecule has 5 aromatic carbocycles. The van der Waals surface area contributed by atoms with Crippen molar-refractivity contribution >= 4 is 39.3 Å². The van der Waals surface area contributed by atoms with E-state index in [-0.39, 0.29) is 11.5 Å². The summed E-state index contributed by atoms with van der Waals surface area (Å²) in [7, 11) is 0. The Morgan fingerprint density at radius 3 is 1.98 bits per heavy atom. The first kappa shape index (κ1) is 26.7. The molecule has 7 rings (SSSR count). The molecule has 43 heavy (non-hydrogen) atoms. The molecule has 0 saturated heterocycles. The Hall–Kier alpha value is -5.17. The number of aryl methyl sites for hydroxylation is 3. The molecule has 2 amide bonds. The number of imide groups is 1. The van der Waals surface area contributed by atoms with Gasteiger partial charge in [0, 0.05) is 16.3 Å². The van der Waals surface area contributed by atoms with Gasteiger partial charge in [-0.2, -0.15) is 13.2 Å². The average molecular weight is 575 g/mol. The van der Waals surface area contributed by atoms with Gasteiger partial charge in [0.2, 0.25) is 0 Å². The minimum absolute atomic E-state index is 0.289. The van der Waals surface area contributed by atoms with Crippen molar-refractivity contribution in [3.05, 3.63) is 130 Å². The van der Waals surface area contributed by atoms with Crippen molar-refractivity contribution in [2.75, 3.05) is 4.90 Å². The van der Waals surface area contributed by atoms with Gasteiger partial charge in [-0.25, -0.2) is 4.90 Å². The lowest BCUT2D eigenvalue weighted by Gasteiger charge is -2.20. The van der Waals surface area contributed by atoms with Gasteiger partial charge in [0.15, 0.2) is 0 Å². The topological polar surface area (TPSA) is 42.3 Å². The molecular weight excluding hydrogens is 549 g/mol. The van der Waals surface area contributed by atoms with Gasteiger partial charge in [-0.05, 0) is 67.8 Å². The molecule has 1 aliphatic heterocycles. The molecule has 4 nitrogen and oxygen atoms in total. The van der Waals surface area contributed by atoms with Crippen LogP contribution in [0.4, 0.5) is 18.9 Å². The second-order valence-electron chi connectivity index (χ2n) is 11.0. The first-order valence-corrected chi connectivity index (χ1v) is 13.9. The van der Waals surface area contributed by atoms with E-state index in [2.05, 4.69) is 0 Å². The van der Waals surface area contributed by atoms with Gasteiger partial charge in [0.05, 0.1) is 39.1 Å². The van der Waals surface area contributed by atoms with Crippen LogP contribution >= 0.6 is 0 Å². The first-order chi connectivity index (χ1) is 20.6. The van der Waals surface area contributed by atoms with Crippen molar-refractivity contribution in [3.63, 3.8) is 0 Å². The maximum Gasteiger partial charge on any atom is 0.416 e. The molecule has 0 bridgehead atoms. The number of carbonyl (C=O) groups excluding carboxylic acids is 2. The number of amides is 2. The van der Waals surface area contributed by atoms with Crippen LogP contribution < -0.4 is 4.90 Å². The van der Waals surface area contributed by atoms with Crippen LogP contribution in [-0.4, -0.2) is 16.4 Å². The molecule has 0 aliphatic carbocycles. The molecule has 212 valence electrons. The summed E-state index contributed by atoms with van der Waals surface area (Å²) in [6.45, 7) is 5.76. The molecule has 2 heterocycles. The Balaban J connectivity index is 1.50. The third kappa shape index (κ3) is 3.99. The van der Waals surface area contributed by atoms with Gasteiger partial charge in [0.1, 0.15) is 0 Å². The zero-order chi connectivity index (χ0) is 30.2. The molecule has 0 radical (unpaired) electrons. The first-order valence-electron chi connectivity index (χ1n) is 13.9. The van der Waals surface area contributed by atoms with Gasteiger partial charge >= 0.3 is 6.18 Å². The standard InChI is InChI=1S/C36H25F3N2O2/c1-20-18-21(2)32(22(3)19-20)41-34(42)28-11-7-13-30(31(28)35(41)43)40-29-12-5-4-8-26(29)27-10-6-9-25(33(27)40)23-14-16-24(17-15-23)36(37,38)39/h4-19H,1-3H3. The summed E-state index contributed by atoms with van der Waals surface area (Å²) in [6.07, 6.45) is -4.45. The largest absolute Gasteiger partial charge is 0.416 e. The normalized spacial score (nSPS) is 13.4. The van der Waals surface area contributed by atoms with E-state index in [4.69, 9.17) is 0 Å². The summed E-state index contributed by atoms with van der Waals surface area (Å²) in [4.78, 5) is 29.4. The number of fused-ring (bicyclic) bond motifs is 4. The van der Waals surface area contributed by atoms with Gasteiger partial charge in [0.25, 0.3) is 11.8 Å². The van der Waals surface area contributed by atoms with Crippen molar-refractivity contribution in [1.29, 1.82) is 0 Å². The van der Waals surface area contributed by atoms with Crippen LogP contribution in [0.5, 0.6) is 0 Å². The number of carbonyl (C=O) groups is 2. The van der Waals surface area contributed by atoms with Gasteiger partial charge in [-0.3, -0.25) is 9.59 Å². The number of halogens is 3. The molecule has 6 aromatic rings. The lowest BCUT2D eigenvalue weighted by atomic mass is 10.00. The quantitative estimate of drug-likeness (QED) is 0.198. The molecule has 1 aromatic heterocycles. The number of para-hydroxylation sites is 2. The molecule has 0 N–H and O–H groups in total. The minimum atomic E-state index is -4.45. The highest BCUT2D eigenvalue weighted by atomic mass is 19.4. The van der Waals surface area contributed by atoms with Crippen LogP contribution in [0, 0.1) is 20.8 Å². The summed E-state index contributed by atoms with van der Waals surface area (Å²) in [5.41, 5.74) is 6.53. The lowest BCUT2D eigenvalue weighted by Crippen LogP contribution is -2.31. The summed E-state index contributed by atoms with van der Waals surface area (Å²) in [5.74, 6) is -0.802. The van der Waals surface area contributed by atoms with Crippen molar-refractivity contribution in [1.82, 2.24) is 4.57 Å². The number of benzene rings is 5. The molecule has 0 fully saturated rings. The number of anilines is 1. The Labute approximate surface area is 245 Å². The molecule has 0 unspecified atom stereocenters. The number of alkyl halides is 3. The second-order valence-corrected chi connectivity index (χ2v) is 11.0. The number of hydrogen-bond donors (Lipinski definition) is 0. The number of hydrogen-bond acceptors (Lipinski definition) is 2. The predicted molar refractivity (Wildman–Crippen MR) is 163 cm³/mol. The zero-order valence-corrected chi connectivity index (χ0v) is 23.6. The zero-order valence-electron chi connectivity index (χ0n) is 23.6. The van der Waals surface area contributed by atoms with Crippen LogP contribution in [0.3, 0.4) is 0 Å². The molecule has 0 spiro atoms. The second kappa shape index (κ2) is 9.42. The van der Waals surface area contributed by atoms with Crippen LogP contribution in [0.2, 0.25) is 0 Å². The minimum Gasteiger partial charge on any atom is -0.308 e. The monoisotopic (exact) mass is 574 g/mol. The van der Waals surface area contributed by atoms with E-state index in [1.54, 1.807) is 12.1 Å². The fourth-order valence-corrected chi connectivity index (χ4v) is 6.52. The fraction of sp³-hybridized carbons (Fsp3) is 0.111. The third-order valence-electron chi connectivity index (χ3n) is 8.21. The molecule has 7 heteroatoms. The van der Waals surface area contributed by atoms with Gasteiger partial charge in [-0.15, -0.1) is 0 Å². The van der Waals surface area contributed by atoms with E-state index >= 15 is 0 Å². The summed E-state index contributed by atoms with van der Waals surface area (Å²) >= 11 is 0. The maximum absolute atomic E-state index is 14.3. The van der Waals surface area contributed by atoms with E-state index in [1.165, 1.54) is 17.0 Å². The molecule has 1 aliphatic rings. The van der Waals surface area contributed by atoms with E-state index in [0.717, 1.165) is 50.6 Å². The third-order valence-corrected chi connectivity index (χ3v) is 8.21. The van der Waals surface area contributed by atoms with Crippen LogP contribution in [0.1, 0.15) is 43.0 Å². The van der Waals surface area contributed by atoms with Crippen LogP contribution in [-0.2, 0) is 6.18 Å². The van der Waals surface area contributed by atoms with Crippen molar-refractivity contribution in [3.8, 4) is 16.8 Å². The SMILES string of the molecule is Cc1cc(C)c(N2C(=O)c3cccc(-n4c5ccccc5c5cccc(-c6ccc(C(F)(F)F)cc6)c54)c3C2=O)c(C)c1. The molecular formula is C36H25F3N2O2. The predicted octanol–water partition coefficient (Wildman–Crippen LogP) is 9.20. The van der Waals surface area contributed by atoms with E-state index < -0.39 is 17.6 Å². The highest BCUT2D eigenvalue weighted by Crippen LogP contribution is 2.42. The highest BCUT2D eigenvalue weighted by molar-refractivity contribution is 6.36. The van der Waals surface area contributed by atoms with Crippen LogP contribution in [0.25, 0.3) is 38.6 Å². The smallest absolute Gasteiger partial charge is 0.308 e. The fourth-order valence-electron chi connectivity index (χ4n) is 6.52. The Morgan fingerprint density at radius 2 is 1.28 bits per heavy atom. The van der Waals surface area contributed by atoms with E-state index in [0.29, 0.717) is 28.1 Å². The molecule has 0 saturated carbocycles. The van der Waals surface area contributed by atoms with Gasteiger partial charge in [-0.1, -0.05) is 72.3 Å².